The number of hydrogen-bond acceptors (Lipinski definition) is 14. The molecule has 14 heteroatoms. The highest BCUT2D eigenvalue weighted by Crippen LogP contribution is 2.32. The second kappa shape index (κ2) is 28.6. The molecule has 2 atom stereocenters. The van der Waals surface area contributed by atoms with E-state index in [0.29, 0.717) is 36.5 Å². The van der Waals surface area contributed by atoms with Gasteiger partial charge in [-0.15, -0.1) is 0 Å². The Morgan fingerprint density at radius 2 is 1.07 bits per heavy atom. The fourth-order valence-corrected chi connectivity index (χ4v) is 6.53. The van der Waals surface area contributed by atoms with Crippen molar-refractivity contribution in [3.63, 3.8) is 0 Å². The maximum Gasteiger partial charge on any atom is 0.333 e. The highest BCUT2D eigenvalue weighted by molar-refractivity contribution is 5.95. The number of methoxy groups -OCH3 is 2. The second-order valence-corrected chi connectivity index (χ2v) is 16.8. The van der Waals surface area contributed by atoms with Crippen LogP contribution in [0.2, 0.25) is 0 Å². The highest BCUT2D eigenvalue weighted by atomic mass is 16.6. The Kier molecular flexibility index (Phi) is 23.4. The van der Waals surface area contributed by atoms with Crippen LogP contribution >= 0.6 is 0 Å². The van der Waals surface area contributed by atoms with Crippen LogP contribution in [0.25, 0.3) is 11.1 Å². The Morgan fingerprint density at radius 3 is 1.64 bits per heavy atom. The van der Waals surface area contributed by atoms with Crippen molar-refractivity contribution in [2.24, 2.45) is 17.3 Å². The summed E-state index contributed by atoms with van der Waals surface area (Å²) in [6.45, 7) is 13.6. The lowest BCUT2D eigenvalue weighted by Crippen LogP contribution is -2.45. The van der Waals surface area contributed by atoms with Crippen LogP contribution in [0.3, 0.4) is 0 Å². The molecule has 2 unspecified atom stereocenters. The van der Waals surface area contributed by atoms with Crippen LogP contribution in [0.4, 0.5) is 0 Å². The molecule has 0 aromatic heterocycles. The molecule has 0 heterocycles. The van der Waals surface area contributed by atoms with Crippen molar-refractivity contribution < 1.29 is 66.7 Å². The molecule has 67 heavy (non-hydrogen) atoms. The molecule has 0 spiro atoms. The van der Waals surface area contributed by atoms with E-state index < -0.39 is 72.9 Å². The first kappa shape index (κ1) is 54.9. The molecule has 0 radical (unpaired) electrons. The first-order chi connectivity index (χ1) is 32.0. The highest BCUT2D eigenvalue weighted by Gasteiger charge is 2.40. The fourth-order valence-electron chi connectivity index (χ4n) is 6.53. The molecular formula is C53H68O14. The van der Waals surface area contributed by atoms with Crippen LogP contribution in [0.5, 0.6) is 11.5 Å². The molecule has 0 bridgehead atoms. The van der Waals surface area contributed by atoms with Crippen LogP contribution in [-0.2, 0) is 76.6 Å². The Bertz CT molecular complexity index is 2080. The summed E-state index contributed by atoms with van der Waals surface area (Å²) in [6, 6.07) is 21.8. The van der Waals surface area contributed by atoms with E-state index in [1.54, 1.807) is 13.0 Å². The maximum atomic E-state index is 13.0. The van der Waals surface area contributed by atoms with Gasteiger partial charge in [0.25, 0.3) is 0 Å². The molecule has 0 N–H and O–H groups in total. The Morgan fingerprint density at radius 1 is 0.552 bits per heavy atom. The summed E-state index contributed by atoms with van der Waals surface area (Å²) in [5.74, 6) is -6.50. The predicted octanol–water partition coefficient (Wildman–Crippen LogP) is 9.08. The van der Waals surface area contributed by atoms with Gasteiger partial charge < -0.3 is 37.9 Å². The molecule has 0 fully saturated rings. The van der Waals surface area contributed by atoms with Crippen molar-refractivity contribution in [1.82, 2.24) is 0 Å². The molecule has 3 rings (SSSR count). The van der Waals surface area contributed by atoms with E-state index in [4.69, 9.17) is 37.9 Å². The average Bonchev–Trinajstić information content (AvgIpc) is 3.34. The molecule has 0 saturated heterocycles. The lowest BCUT2D eigenvalue weighted by Gasteiger charge is -2.33. The van der Waals surface area contributed by atoms with Gasteiger partial charge >= 0.3 is 35.8 Å². The number of carbonyl (C=O) groups excluding carboxylic acids is 6. The van der Waals surface area contributed by atoms with E-state index in [2.05, 4.69) is 44.3 Å². The number of benzene rings is 3. The number of unbranched alkanes of at least 4 members (excludes halogenated alkanes) is 5. The van der Waals surface area contributed by atoms with Gasteiger partial charge in [0.1, 0.15) is 49.9 Å². The van der Waals surface area contributed by atoms with Crippen LogP contribution in [0.15, 0.2) is 91.0 Å². The van der Waals surface area contributed by atoms with E-state index >= 15 is 0 Å². The predicted molar refractivity (Wildman–Crippen MR) is 252 cm³/mol. The zero-order valence-corrected chi connectivity index (χ0v) is 40.2. The summed E-state index contributed by atoms with van der Waals surface area (Å²) >= 11 is 0. The number of hydrogen-bond donors (Lipinski definition) is 0. The molecule has 364 valence electrons. The maximum absolute atomic E-state index is 13.0. The van der Waals surface area contributed by atoms with Gasteiger partial charge in [-0.05, 0) is 105 Å². The van der Waals surface area contributed by atoms with Gasteiger partial charge in [-0.25, -0.2) is 9.59 Å². The van der Waals surface area contributed by atoms with E-state index in [1.165, 1.54) is 64.9 Å². The summed E-state index contributed by atoms with van der Waals surface area (Å²) in [5.41, 5.74) is 3.56. The third kappa shape index (κ3) is 18.8. The van der Waals surface area contributed by atoms with Crippen molar-refractivity contribution in [1.29, 1.82) is 0 Å². The third-order valence-corrected chi connectivity index (χ3v) is 10.9. The van der Waals surface area contributed by atoms with Crippen molar-refractivity contribution in [3.05, 3.63) is 108 Å². The van der Waals surface area contributed by atoms with Gasteiger partial charge in [-0.1, -0.05) is 94.7 Å². The summed E-state index contributed by atoms with van der Waals surface area (Å²) < 4.78 is 44.0. The van der Waals surface area contributed by atoms with E-state index in [1.807, 2.05) is 36.4 Å². The van der Waals surface area contributed by atoms with Gasteiger partial charge in [0.05, 0.1) is 20.8 Å². The van der Waals surface area contributed by atoms with Crippen molar-refractivity contribution in [3.8, 4) is 22.6 Å². The van der Waals surface area contributed by atoms with Crippen LogP contribution in [0.1, 0.15) is 96.3 Å². The van der Waals surface area contributed by atoms with Crippen molar-refractivity contribution >= 4 is 35.8 Å². The molecule has 0 aliphatic heterocycles. The molecule has 0 amide bonds. The minimum atomic E-state index is -1.60. The lowest BCUT2D eigenvalue weighted by molar-refractivity contribution is -0.170. The average molecular weight is 929 g/mol. The lowest BCUT2D eigenvalue weighted by atomic mass is 9.91. The standard InChI is InChI=1S/C53H68O14/c1-10-11-12-13-14-15-17-40-19-21-41(22-20-40)31-63-45-26-23-42(24-27-45)43-25-28-46(44(30-43)18-16-29-62-47(54)36(2)3)64-32-53(33-65-48(55)37(4)5,34-66-51(58)38(6)49(56)60-8)35-67-52(59)39(7)50(57)61-9/h19-28,30,38-39H,2,4,10-18,29,31-35H2,1,3,5-9H3. The van der Waals surface area contributed by atoms with E-state index in [-0.39, 0.29) is 24.4 Å². The minimum Gasteiger partial charge on any atom is -0.492 e. The smallest absolute Gasteiger partial charge is 0.333 e. The van der Waals surface area contributed by atoms with Gasteiger partial charge in [0.15, 0.2) is 11.8 Å². The van der Waals surface area contributed by atoms with E-state index in [9.17, 15) is 28.8 Å². The number of aryl methyl sites for hydroxylation is 2. The first-order valence-electron chi connectivity index (χ1n) is 22.7. The zero-order valence-electron chi connectivity index (χ0n) is 40.2. The SMILES string of the molecule is C=C(C)C(=O)OCCCc1cc(-c2ccc(OCc3ccc(CCCCCCCC)cc3)cc2)ccc1OCC(COC(=O)C(=C)C)(COC(=O)C(C)C(=O)OC)COC(=O)C(C)C(=O)OC. The molecule has 0 saturated carbocycles. The molecule has 3 aromatic carbocycles. The molecule has 14 nitrogen and oxygen atoms in total. The van der Waals surface area contributed by atoms with Crippen LogP contribution < -0.4 is 9.47 Å². The minimum absolute atomic E-state index is 0.0656. The number of esters is 6. The van der Waals surface area contributed by atoms with Crippen LogP contribution in [-0.4, -0.2) is 83.1 Å². The first-order valence-corrected chi connectivity index (χ1v) is 22.7. The Labute approximate surface area is 395 Å². The van der Waals surface area contributed by atoms with E-state index in [0.717, 1.165) is 37.3 Å². The number of rotatable bonds is 30. The summed E-state index contributed by atoms with van der Waals surface area (Å²) in [6.07, 6.45) is 9.46. The topological polar surface area (TPSA) is 176 Å². The number of ether oxygens (including phenoxy) is 8. The third-order valence-electron chi connectivity index (χ3n) is 10.9. The molecular weight excluding hydrogens is 861 g/mol. The Hall–Kier alpha value is -6.44. The normalized spacial score (nSPS) is 12.6. The second-order valence-electron chi connectivity index (χ2n) is 16.8. The largest absolute Gasteiger partial charge is 0.492 e. The molecule has 3 aromatic rings. The molecule has 0 aliphatic rings. The van der Waals surface area contributed by atoms with Gasteiger partial charge in [0.2, 0.25) is 0 Å². The summed E-state index contributed by atoms with van der Waals surface area (Å²) in [4.78, 5) is 75.3. The zero-order chi connectivity index (χ0) is 49.4. The quantitative estimate of drug-likeness (QED) is 0.0203. The van der Waals surface area contributed by atoms with Crippen molar-refractivity contribution in [2.75, 3.05) is 47.3 Å². The fraction of sp³-hybridized carbons (Fsp3) is 0.472. The monoisotopic (exact) mass is 928 g/mol. The number of carbonyl (C=O) groups is 6. The van der Waals surface area contributed by atoms with Gasteiger partial charge in [-0.2, -0.15) is 0 Å². The molecule has 0 aliphatic carbocycles. The van der Waals surface area contributed by atoms with Gasteiger partial charge in [-0.3, -0.25) is 19.2 Å². The summed E-state index contributed by atoms with van der Waals surface area (Å²) in [5, 5.41) is 0. The van der Waals surface area contributed by atoms with Crippen LogP contribution in [0, 0.1) is 17.3 Å². The Balaban J connectivity index is 1.90. The van der Waals surface area contributed by atoms with Gasteiger partial charge in [0, 0.05) is 11.1 Å². The van der Waals surface area contributed by atoms with Crippen molar-refractivity contribution in [2.45, 2.75) is 99.0 Å². The summed E-state index contributed by atoms with van der Waals surface area (Å²) in [7, 11) is 2.25.